The number of thiazole rings is 1. The van der Waals surface area contributed by atoms with Gasteiger partial charge in [-0.3, -0.25) is 4.79 Å². The number of rotatable bonds is 6. The molecule has 40 heavy (non-hydrogen) atoms. The van der Waals surface area contributed by atoms with Crippen LogP contribution in [0, 0.1) is 17.2 Å². The second-order valence-corrected chi connectivity index (χ2v) is 14.2. The van der Waals surface area contributed by atoms with Gasteiger partial charge >= 0.3 is 6.18 Å². The summed E-state index contributed by atoms with van der Waals surface area (Å²) in [7, 11) is -3.08. The maximum absolute atomic E-state index is 14.5. The van der Waals surface area contributed by atoms with Gasteiger partial charge in [0, 0.05) is 48.0 Å². The lowest BCUT2D eigenvalue weighted by Crippen LogP contribution is -2.45. The average molecular weight is 603 g/mol. The van der Waals surface area contributed by atoms with Gasteiger partial charge in [-0.15, -0.1) is 11.3 Å². The summed E-state index contributed by atoms with van der Waals surface area (Å²) in [4.78, 5) is 19.7. The number of nitriles is 1. The van der Waals surface area contributed by atoms with E-state index in [9.17, 15) is 40.4 Å². The van der Waals surface area contributed by atoms with Crippen LogP contribution in [0.1, 0.15) is 47.9 Å². The molecule has 0 radical (unpaired) electrons. The number of sulfone groups is 1. The van der Waals surface area contributed by atoms with E-state index in [2.05, 4.69) is 10.3 Å². The Hall–Kier alpha value is -2.79. The molecular weight excluding hydrogens is 575 g/mol. The summed E-state index contributed by atoms with van der Waals surface area (Å²) in [5, 5.41) is 11.7. The SMILES string of the molecule is N#CC1(NC(=O)[C@@H]2CC(F)(F)CC[C@H]2c2sc(CC(F)(F)F)nc2-c2ccc(N3CCS(=O)(=O)CC3)cc2)CC1. The number of hydrogen-bond donors (Lipinski definition) is 1. The molecule has 14 heteroatoms. The van der Waals surface area contributed by atoms with Gasteiger partial charge in [-0.25, -0.2) is 22.2 Å². The van der Waals surface area contributed by atoms with Gasteiger partial charge in [0.25, 0.3) is 0 Å². The van der Waals surface area contributed by atoms with Crippen molar-refractivity contribution in [1.29, 1.82) is 5.26 Å². The van der Waals surface area contributed by atoms with Crippen LogP contribution in [-0.2, 0) is 21.1 Å². The van der Waals surface area contributed by atoms with E-state index in [0.717, 1.165) is 17.0 Å². The highest BCUT2D eigenvalue weighted by atomic mass is 32.2. The zero-order chi connectivity index (χ0) is 28.9. The van der Waals surface area contributed by atoms with E-state index in [-0.39, 0.29) is 28.6 Å². The molecule has 7 nitrogen and oxygen atoms in total. The monoisotopic (exact) mass is 602 g/mol. The van der Waals surface area contributed by atoms with Crippen molar-refractivity contribution in [3.8, 4) is 17.3 Å². The van der Waals surface area contributed by atoms with Crippen molar-refractivity contribution in [2.75, 3.05) is 29.5 Å². The van der Waals surface area contributed by atoms with Gasteiger partial charge in [-0.05, 0) is 31.4 Å². The number of halogens is 5. The molecule has 2 aliphatic carbocycles. The molecule has 2 heterocycles. The number of nitrogens with one attached hydrogen (secondary N) is 1. The normalized spacial score (nSPS) is 25.1. The minimum Gasteiger partial charge on any atom is -0.369 e. The van der Waals surface area contributed by atoms with E-state index in [0.29, 0.717) is 36.4 Å². The van der Waals surface area contributed by atoms with Crippen LogP contribution in [0.4, 0.5) is 27.6 Å². The van der Waals surface area contributed by atoms with E-state index in [1.165, 1.54) is 0 Å². The summed E-state index contributed by atoms with van der Waals surface area (Å²) in [6, 6.07) is 8.78. The highest BCUT2D eigenvalue weighted by Crippen LogP contribution is 2.50. The Balaban J connectivity index is 1.48. The molecule has 0 bridgehead atoms. The first-order chi connectivity index (χ1) is 18.7. The van der Waals surface area contributed by atoms with Gasteiger partial charge in [0.05, 0.1) is 35.6 Å². The summed E-state index contributed by atoms with van der Waals surface area (Å²) in [6.45, 7) is 0.632. The minimum atomic E-state index is -4.54. The lowest BCUT2D eigenvalue weighted by Gasteiger charge is -2.35. The standard InChI is InChI=1S/C26H27F5N4O3S2/c27-25(28)6-5-18(19(13-25)23(36)34-24(15-32)7-8-24)22-21(33-20(39-22)14-26(29,30)31)16-1-3-17(4-2-16)35-9-11-40(37,38)12-10-35/h1-4,18-19H,5-14H2,(H,34,36)/t18-,19-/m1/s1. The number of benzene rings is 1. The zero-order valence-corrected chi connectivity index (χ0v) is 22.9. The van der Waals surface area contributed by atoms with Crippen LogP contribution in [-0.4, -0.2) is 61.5 Å². The Morgan fingerprint density at radius 1 is 1.15 bits per heavy atom. The van der Waals surface area contributed by atoms with Crippen LogP contribution in [0.2, 0.25) is 0 Å². The highest BCUT2D eigenvalue weighted by molar-refractivity contribution is 7.91. The van der Waals surface area contributed by atoms with Crippen LogP contribution in [0.5, 0.6) is 0 Å². The van der Waals surface area contributed by atoms with Crippen molar-refractivity contribution in [1.82, 2.24) is 10.3 Å². The molecule has 2 atom stereocenters. The summed E-state index contributed by atoms with van der Waals surface area (Å²) < 4.78 is 92.4. The number of hydrogen-bond acceptors (Lipinski definition) is 7. The van der Waals surface area contributed by atoms with E-state index in [4.69, 9.17) is 0 Å². The van der Waals surface area contributed by atoms with Gasteiger partial charge < -0.3 is 10.2 Å². The van der Waals surface area contributed by atoms with Crippen molar-refractivity contribution < 1.29 is 35.2 Å². The number of aromatic nitrogens is 1. The highest BCUT2D eigenvalue weighted by Gasteiger charge is 2.51. The predicted molar refractivity (Wildman–Crippen MR) is 139 cm³/mol. The van der Waals surface area contributed by atoms with E-state index in [1.807, 2.05) is 11.0 Å². The molecule has 1 aliphatic heterocycles. The summed E-state index contributed by atoms with van der Waals surface area (Å²) >= 11 is 0.782. The number of carbonyl (C=O) groups is 1. The van der Waals surface area contributed by atoms with E-state index < -0.39 is 64.5 Å². The van der Waals surface area contributed by atoms with Gasteiger partial charge in [0.1, 0.15) is 10.5 Å². The van der Waals surface area contributed by atoms with Crippen molar-refractivity contribution in [2.24, 2.45) is 5.92 Å². The second kappa shape index (κ2) is 10.2. The molecule has 3 fully saturated rings. The largest absolute Gasteiger partial charge is 0.395 e. The Labute approximate surface area is 232 Å². The first-order valence-corrected chi connectivity index (χ1v) is 15.6. The van der Waals surface area contributed by atoms with E-state index >= 15 is 0 Å². The molecule has 0 spiro atoms. The fourth-order valence-electron chi connectivity index (χ4n) is 5.33. The van der Waals surface area contributed by atoms with Crippen molar-refractivity contribution >= 4 is 32.8 Å². The molecule has 1 amide bonds. The maximum atomic E-state index is 14.5. The van der Waals surface area contributed by atoms with Gasteiger partial charge in [-0.2, -0.15) is 18.4 Å². The number of alkyl halides is 5. The molecule has 0 unspecified atom stereocenters. The topological polar surface area (TPSA) is 103 Å². The number of carbonyl (C=O) groups excluding carboxylic acids is 1. The molecular formula is C26H27F5N4O3S2. The first kappa shape index (κ1) is 28.7. The van der Waals surface area contributed by atoms with E-state index in [1.54, 1.807) is 24.3 Å². The quantitative estimate of drug-likeness (QED) is 0.475. The molecule has 1 N–H and O–H groups in total. The fourth-order valence-corrected chi connectivity index (χ4v) is 7.85. The third kappa shape index (κ3) is 6.40. The molecule has 216 valence electrons. The van der Waals surface area contributed by atoms with Gasteiger partial charge in [0.2, 0.25) is 11.8 Å². The van der Waals surface area contributed by atoms with Crippen LogP contribution in [0.25, 0.3) is 11.3 Å². The summed E-state index contributed by atoms with van der Waals surface area (Å²) in [5.74, 6) is -5.80. The molecule has 1 aromatic heterocycles. The van der Waals surface area contributed by atoms with Crippen LogP contribution in [0.15, 0.2) is 24.3 Å². The van der Waals surface area contributed by atoms with Crippen LogP contribution >= 0.6 is 11.3 Å². The molecule has 2 saturated carbocycles. The number of anilines is 1. The van der Waals surface area contributed by atoms with Crippen molar-refractivity contribution in [3.05, 3.63) is 34.2 Å². The molecule has 1 aromatic carbocycles. The van der Waals surface area contributed by atoms with Crippen LogP contribution < -0.4 is 10.2 Å². The lowest BCUT2D eigenvalue weighted by molar-refractivity contribution is -0.134. The Kier molecular flexibility index (Phi) is 7.35. The predicted octanol–water partition coefficient (Wildman–Crippen LogP) is 4.84. The van der Waals surface area contributed by atoms with Gasteiger partial charge in [0.15, 0.2) is 9.84 Å². The molecule has 3 aliphatic rings. The number of amides is 1. The fraction of sp³-hybridized carbons (Fsp3) is 0.577. The molecule has 1 saturated heterocycles. The lowest BCUT2D eigenvalue weighted by atomic mass is 9.75. The average Bonchev–Trinajstić information content (AvgIpc) is 3.53. The summed E-state index contributed by atoms with van der Waals surface area (Å²) in [6.07, 6.45) is -6.40. The third-order valence-electron chi connectivity index (χ3n) is 7.73. The number of nitrogens with zero attached hydrogens (tertiary/aromatic N) is 3. The third-order valence-corrected chi connectivity index (χ3v) is 10.5. The smallest absolute Gasteiger partial charge is 0.369 e. The summed E-state index contributed by atoms with van der Waals surface area (Å²) in [5.41, 5.74) is 0.356. The molecule has 5 rings (SSSR count). The van der Waals surface area contributed by atoms with Crippen LogP contribution in [0.3, 0.4) is 0 Å². The Morgan fingerprint density at radius 3 is 2.38 bits per heavy atom. The first-order valence-electron chi connectivity index (χ1n) is 12.9. The van der Waals surface area contributed by atoms with Crippen molar-refractivity contribution in [2.45, 2.75) is 62.1 Å². The Bertz CT molecular complexity index is 1420. The second-order valence-electron chi connectivity index (χ2n) is 10.8. The zero-order valence-electron chi connectivity index (χ0n) is 21.3. The molecule has 2 aromatic rings. The minimum absolute atomic E-state index is 0.0225. The van der Waals surface area contributed by atoms with Crippen molar-refractivity contribution in [3.63, 3.8) is 0 Å². The maximum Gasteiger partial charge on any atom is 0.395 e. The Morgan fingerprint density at radius 2 is 1.80 bits per heavy atom. The van der Waals surface area contributed by atoms with Gasteiger partial charge in [-0.1, -0.05) is 12.1 Å².